The van der Waals surface area contributed by atoms with Crippen LogP contribution in [0.3, 0.4) is 0 Å². The standard InChI is InChI=1S/C17H13FN4S/c1-9-6-13(14(18)10(2)21-9)16-15(22-17(20)23-16)12-5-3-4-11(7-12)8-19/h3-7H,1-2H3,(H2,20,22). The summed E-state index contributed by atoms with van der Waals surface area (Å²) in [6, 6.07) is 10.8. The van der Waals surface area contributed by atoms with E-state index in [-0.39, 0.29) is 5.82 Å². The molecule has 2 heterocycles. The summed E-state index contributed by atoms with van der Waals surface area (Å²) in [4.78, 5) is 9.11. The molecule has 3 rings (SSSR count). The average Bonchev–Trinajstić information content (AvgIpc) is 2.92. The third kappa shape index (κ3) is 2.79. The van der Waals surface area contributed by atoms with Crippen LogP contribution in [0, 0.1) is 31.0 Å². The Morgan fingerprint density at radius 2 is 2.00 bits per heavy atom. The van der Waals surface area contributed by atoms with Gasteiger partial charge in [0.05, 0.1) is 27.9 Å². The molecule has 0 radical (unpaired) electrons. The van der Waals surface area contributed by atoms with Gasteiger partial charge >= 0.3 is 0 Å². The molecule has 0 spiro atoms. The SMILES string of the molecule is Cc1cc(-c2sc(N)nc2-c2cccc(C#N)c2)c(F)c(C)n1. The number of anilines is 1. The van der Waals surface area contributed by atoms with Gasteiger partial charge in [-0.2, -0.15) is 5.26 Å². The van der Waals surface area contributed by atoms with E-state index in [1.165, 1.54) is 11.3 Å². The number of nitrogens with two attached hydrogens (primary N) is 1. The van der Waals surface area contributed by atoms with E-state index in [4.69, 9.17) is 11.0 Å². The lowest BCUT2D eigenvalue weighted by atomic mass is 10.0. The Balaban J connectivity index is 2.25. The number of rotatable bonds is 2. The van der Waals surface area contributed by atoms with Crippen LogP contribution in [-0.4, -0.2) is 9.97 Å². The van der Waals surface area contributed by atoms with Crippen molar-refractivity contribution in [3.63, 3.8) is 0 Å². The predicted octanol–water partition coefficient (Wildman–Crippen LogP) is 4.08. The van der Waals surface area contributed by atoms with Crippen LogP contribution >= 0.6 is 11.3 Å². The Labute approximate surface area is 137 Å². The van der Waals surface area contributed by atoms with E-state index in [2.05, 4.69) is 16.0 Å². The molecule has 1 aromatic carbocycles. The van der Waals surface area contributed by atoms with E-state index in [0.29, 0.717) is 32.5 Å². The summed E-state index contributed by atoms with van der Waals surface area (Å²) in [6.45, 7) is 3.45. The van der Waals surface area contributed by atoms with Gasteiger partial charge in [0, 0.05) is 16.8 Å². The average molecular weight is 324 g/mol. The molecule has 0 unspecified atom stereocenters. The summed E-state index contributed by atoms with van der Waals surface area (Å²) in [5.41, 5.74) is 9.18. The minimum absolute atomic E-state index is 0.337. The van der Waals surface area contributed by atoms with Crippen molar-refractivity contribution in [1.82, 2.24) is 9.97 Å². The highest BCUT2D eigenvalue weighted by Gasteiger charge is 2.19. The summed E-state index contributed by atoms with van der Waals surface area (Å²) >= 11 is 1.22. The van der Waals surface area contributed by atoms with Crippen molar-refractivity contribution >= 4 is 16.5 Å². The number of aromatic nitrogens is 2. The van der Waals surface area contributed by atoms with Crippen LogP contribution in [0.25, 0.3) is 21.7 Å². The second-order valence-corrected chi connectivity index (χ2v) is 6.16. The van der Waals surface area contributed by atoms with Gasteiger partial charge in [-0.05, 0) is 32.0 Å². The molecule has 0 saturated carbocycles. The third-order valence-corrected chi connectivity index (χ3v) is 4.32. The van der Waals surface area contributed by atoms with Crippen molar-refractivity contribution < 1.29 is 4.39 Å². The van der Waals surface area contributed by atoms with Gasteiger partial charge in [0.25, 0.3) is 0 Å². The fourth-order valence-corrected chi connectivity index (χ4v) is 3.29. The van der Waals surface area contributed by atoms with Gasteiger partial charge in [0.2, 0.25) is 0 Å². The number of nitriles is 1. The molecule has 0 atom stereocenters. The highest BCUT2D eigenvalue weighted by molar-refractivity contribution is 7.19. The molecular weight excluding hydrogens is 311 g/mol. The zero-order valence-electron chi connectivity index (χ0n) is 12.6. The number of hydrogen-bond donors (Lipinski definition) is 1. The van der Waals surface area contributed by atoms with Crippen LogP contribution in [0.15, 0.2) is 30.3 Å². The molecule has 0 aliphatic rings. The third-order valence-electron chi connectivity index (χ3n) is 3.40. The lowest BCUT2D eigenvalue weighted by Crippen LogP contribution is -1.95. The Morgan fingerprint density at radius 1 is 1.22 bits per heavy atom. The molecule has 0 bridgehead atoms. The molecule has 23 heavy (non-hydrogen) atoms. The van der Waals surface area contributed by atoms with Gasteiger partial charge in [-0.15, -0.1) is 0 Å². The topological polar surface area (TPSA) is 75.6 Å². The summed E-state index contributed by atoms with van der Waals surface area (Å²) in [6.07, 6.45) is 0. The van der Waals surface area contributed by atoms with Crippen LogP contribution in [-0.2, 0) is 0 Å². The molecule has 114 valence electrons. The maximum atomic E-state index is 14.5. The largest absolute Gasteiger partial charge is 0.375 e. The number of pyridine rings is 1. The van der Waals surface area contributed by atoms with E-state index >= 15 is 0 Å². The van der Waals surface area contributed by atoms with Crippen molar-refractivity contribution in [2.24, 2.45) is 0 Å². The first kappa shape index (κ1) is 15.1. The monoisotopic (exact) mass is 324 g/mol. The van der Waals surface area contributed by atoms with E-state index in [1.54, 1.807) is 31.2 Å². The summed E-state index contributed by atoms with van der Waals surface area (Å²) < 4.78 is 14.5. The number of hydrogen-bond acceptors (Lipinski definition) is 5. The summed E-state index contributed by atoms with van der Waals surface area (Å²) in [5.74, 6) is -0.378. The number of nitrogen functional groups attached to an aromatic ring is 1. The molecule has 3 aromatic rings. The second kappa shape index (κ2) is 5.78. The first-order chi connectivity index (χ1) is 11.0. The molecule has 0 fully saturated rings. The van der Waals surface area contributed by atoms with E-state index in [1.807, 2.05) is 13.0 Å². The minimum atomic E-state index is -0.378. The maximum absolute atomic E-state index is 14.5. The highest BCUT2D eigenvalue weighted by Crippen LogP contribution is 2.39. The fraction of sp³-hybridized carbons (Fsp3) is 0.118. The molecule has 0 aliphatic heterocycles. The molecule has 2 aromatic heterocycles. The van der Waals surface area contributed by atoms with Crippen LogP contribution in [0.4, 0.5) is 9.52 Å². The van der Waals surface area contributed by atoms with E-state index < -0.39 is 0 Å². The van der Waals surface area contributed by atoms with Crippen molar-refractivity contribution in [3.8, 4) is 27.8 Å². The Morgan fingerprint density at radius 3 is 2.74 bits per heavy atom. The summed E-state index contributed by atoms with van der Waals surface area (Å²) in [5, 5.41) is 9.41. The van der Waals surface area contributed by atoms with Gasteiger partial charge in [-0.1, -0.05) is 23.5 Å². The molecule has 0 saturated heterocycles. The molecule has 6 heteroatoms. The molecule has 0 aliphatic carbocycles. The van der Waals surface area contributed by atoms with Gasteiger partial charge in [-0.3, -0.25) is 4.98 Å². The van der Waals surface area contributed by atoms with Gasteiger partial charge < -0.3 is 5.73 Å². The number of benzene rings is 1. The molecular formula is C17H13FN4S. The minimum Gasteiger partial charge on any atom is -0.375 e. The quantitative estimate of drug-likeness (QED) is 0.770. The fourth-order valence-electron chi connectivity index (χ4n) is 2.43. The predicted molar refractivity (Wildman–Crippen MR) is 89.3 cm³/mol. The lowest BCUT2D eigenvalue weighted by molar-refractivity contribution is 0.612. The van der Waals surface area contributed by atoms with Crippen molar-refractivity contribution in [2.45, 2.75) is 13.8 Å². The smallest absolute Gasteiger partial charge is 0.181 e. The van der Waals surface area contributed by atoms with Crippen LogP contribution in [0.2, 0.25) is 0 Å². The van der Waals surface area contributed by atoms with Gasteiger partial charge in [0.1, 0.15) is 0 Å². The van der Waals surface area contributed by atoms with E-state index in [0.717, 1.165) is 11.3 Å². The van der Waals surface area contributed by atoms with Crippen molar-refractivity contribution in [1.29, 1.82) is 5.26 Å². The summed E-state index contributed by atoms with van der Waals surface area (Å²) in [7, 11) is 0. The Kier molecular flexibility index (Phi) is 3.80. The van der Waals surface area contributed by atoms with Crippen LogP contribution in [0.1, 0.15) is 17.0 Å². The van der Waals surface area contributed by atoms with E-state index in [9.17, 15) is 4.39 Å². The van der Waals surface area contributed by atoms with Crippen LogP contribution in [0.5, 0.6) is 0 Å². The van der Waals surface area contributed by atoms with Crippen LogP contribution < -0.4 is 5.73 Å². The molecule has 2 N–H and O–H groups in total. The van der Waals surface area contributed by atoms with Crippen molar-refractivity contribution in [3.05, 3.63) is 53.1 Å². The Bertz CT molecular complexity index is 940. The Hall–Kier alpha value is -2.78. The maximum Gasteiger partial charge on any atom is 0.181 e. The van der Waals surface area contributed by atoms with Gasteiger partial charge in [-0.25, -0.2) is 9.37 Å². The molecule has 0 amide bonds. The number of halogens is 1. The lowest BCUT2D eigenvalue weighted by Gasteiger charge is -2.07. The second-order valence-electron chi connectivity index (χ2n) is 5.13. The zero-order chi connectivity index (χ0) is 16.6. The first-order valence-corrected chi connectivity index (χ1v) is 7.72. The highest BCUT2D eigenvalue weighted by atomic mass is 32.1. The number of nitrogens with zero attached hydrogens (tertiary/aromatic N) is 3. The number of thiazole rings is 1. The molecule has 4 nitrogen and oxygen atoms in total. The normalized spacial score (nSPS) is 10.5. The van der Waals surface area contributed by atoms with Crippen molar-refractivity contribution in [2.75, 3.05) is 5.73 Å². The number of aryl methyl sites for hydroxylation is 2. The first-order valence-electron chi connectivity index (χ1n) is 6.90. The zero-order valence-corrected chi connectivity index (χ0v) is 13.4. The van der Waals surface area contributed by atoms with Gasteiger partial charge in [0.15, 0.2) is 10.9 Å².